The van der Waals surface area contributed by atoms with E-state index in [1.54, 1.807) is 86.1 Å². The summed E-state index contributed by atoms with van der Waals surface area (Å²) >= 11 is 1.55. The number of carbonyl (C=O) groups excluding carboxylic acids is 3. The number of likely N-dealkylation sites (tertiary alicyclic amines) is 1. The third-order valence-corrected chi connectivity index (χ3v) is 13.3. The molecule has 0 bridgehead atoms. The maximum Gasteiger partial charge on any atom is 0.421 e. The quantitative estimate of drug-likeness (QED) is 0.0544. The van der Waals surface area contributed by atoms with Gasteiger partial charge < -0.3 is 40.7 Å². The number of nitrogens with one attached hydrogen (secondary N) is 4. The van der Waals surface area contributed by atoms with Gasteiger partial charge in [0.1, 0.15) is 35.8 Å². The van der Waals surface area contributed by atoms with E-state index >= 15 is 0 Å². The highest BCUT2D eigenvalue weighted by molar-refractivity contribution is 7.92. The van der Waals surface area contributed by atoms with Gasteiger partial charge in [0.2, 0.25) is 33.7 Å². The average Bonchev–Trinajstić information content (AvgIpc) is 3.92. The molecule has 3 amide bonds. The molecule has 5 aromatic rings. The van der Waals surface area contributed by atoms with E-state index in [1.165, 1.54) is 11.9 Å². The van der Waals surface area contributed by atoms with Crippen molar-refractivity contribution in [3.8, 4) is 16.2 Å². The number of aliphatic hydroxyl groups is 1. The lowest BCUT2D eigenvalue weighted by molar-refractivity contribution is -0.144. The van der Waals surface area contributed by atoms with E-state index in [2.05, 4.69) is 36.2 Å². The number of thiazole rings is 1. The normalized spacial score (nSPS) is 15.6. The van der Waals surface area contributed by atoms with Crippen LogP contribution in [0.15, 0.2) is 84.5 Å². The van der Waals surface area contributed by atoms with Crippen LogP contribution in [-0.2, 0) is 48.4 Å². The van der Waals surface area contributed by atoms with Crippen molar-refractivity contribution in [2.45, 2.75) is 78.0 Å². The van der Waals surface area contributed by atoms with Gasteiger partial charge in [0.25, 0.3) is 0 Å². The Morgan fingerprint density at radius 1 is 0.986 bits per heavy atom. The van der Waals surface area contributed by atoms with Gasteiger partial charge in [0.15, 0.2) is 0 Å². The molecule has 370 valence electrons. The summed E-state index contributed by atoms with van der Waals surface area (Å²) in [5, 5.41) is 21.8. The fourth-order valence-corrected chi connectivity index (χ4v) is 8.59. The molecule has 0 unspecified atom stereocenters. The number of β-amino-alcohol motifs (C(OH)–C–C–N with tert-alkyl or cyclic N) is 1. The number of amides is 3. The van der Waals surface area contributed by atoms with E-state index in [0.717, 1.165) is 32.3 Å². The van der Waals surface area contributed by atoms with Gasteiger partial charge in [-0.05, 0) is 65.4 Å². The topological polar surface area (TPSA) is 217 Å². The fraction of sp³-hybridized carbons (Fsp3) is 0.404. The first-order chi connectivity index (χ1) is 32.6. The maximum absolute atomic E-state index is 14.0. The number of sulfonamides is 1. The lowest BCUT2D eigenvalue weighted by atomic mass is 9.85. The molecule has 1 aliphatic rings. The van der Waals surface area contributed by atoms with Crippen LogP contribution in [-0.4, -0.2) is 109 Å². The van der Waals surface area contributed by atoms with Crippen molar-refractivity contribution in [1.82, 2.24) is 30.5 Å². The van der Waals surface area contributed by atoms with Crippen molar-refractivity contribution < 1.29 is 50.6 Å². The molecule has 3 atom stereocenters. The largest absolute Gasteiger partial charge is 0.494 e. The lowest BCUT2D eigenvalue weighted by Crippen LogP contribution is -2.58. The van der Waals surface area contributed by atoms with Crippen LogP contribution in [0.3, 0.4) is 0 Å². The smallest absolute Gasteiger partial charge is 0.421 e. The van der Waals surface area contributed by atoms with Gasteiger partial charge in [-0.15, -0.1) is 11.3 Å². The number of aliphatic hydroxyl groups excluding tert-OH is 1. The third-order valence-electron chi connectivity index (χ3n) is 11.1. The van der Waals surface area contributed by atoms with Crippen LogP contribution in [0.4, 0.5) is 36.3 Å². The molecule has 2 aromatic heterocycles. The summed E-state index contributed by atoms with van der Waals surface area (Å²) < 4.78 is 78.1. The van der Waals surface area contributed by atoms with Crippen molar-refractivity contribution in [2.75, 3.05) is 54.6 Å². The number of nitrogens with zero attached hydrogens (tertiary/aromatic N) is 5. The van der Waals surface area contributed by atoms with Crippen molar-refractivity contribution >= 4 is 62.2 Å². The van der Waals surface area contributed by atoms with Crippen LogP contribution in [0.2, 0.25) is 0 Å². The summed E-state index contributed by atoms with van der Waals surface area (Å²) in [5.74, 6) is -1.52. The number of benzene rings is 3. The monoisotopic (exact) mass is 995 g/mol. The highest BCUT2D eigenvalue weighted by Crippen LogP contribution is 2.35. The second kappa shape index (κ2) is 22.4. The highest BCUT2D eigenvalue weighted by Gasteiger charge is 2.44. The molecule has 69 heavy (non-hydrogen) atoms. The molecule has 3 aromatic carbocycles. The SMILES string of the molecule is Cc1ncsc1-c1ccc(CNC(=O)[C@@H]2C[C@@H](O)CN2C(=O)[C@@H](NC(=O)COCCCOc2ccc(Nc3ncc(C(F)(F)F)c(NCc4cccc(N(C)S(C)(=O)=O)c4)n3)cc2)C(C)(C)C)cc1. The van der Waals surface area contributed by atoms with E-state index < -0.39 is 68.9 Å². The first-order valence-corrected chi connectivity index (χ1v) is 24.6. The van der Waals surface area contributed by atoms with Gasteiger partial charge in [0.05, 0.1) is 47.3 Å². The van der Waals surface area contributed by atoms with Gasteiger partial charge >= 0.3 is 6.18 Å². The molecule has 1 fully saturated rings. The molecule has 1 saturated heterocycles. The zero-order valence-electron chi connectivity index (χ0n) is 39.0. The number of aryl methyl sites for hydroxylation is 1. The lowest BCUT2D eigenvalue weighted by Gasteiger charge is -2.35. The number of carbonyl (C=O) groups is 3. The van der Waals surface area contributed by atoms with Crippen molar-refractivity contribution in [1.29, 1.82) is 0 Å². The van der Waals surface area contributed by atoms with E-state index in [-0.39, 0.29) is 51.8 Å². The van der Waals surface area contributed by atoms with Crippen molar-refractivity contribution in [3.63, 3.8) is 0 Å². The van der Waals surface area contributed by atoms with Crippen LogP contribution < -0.4 is 30.3 Å². The predicted molar refractivity (Wildman–Crippen MR) is 256 cm³/mol. The molecule has 0 saturated carbocycles. The Kier molecular flexibility index (Phi) is 16.9. The number of alkyl halides is 3. The summed E-state index contributed by atoms with van der Waals surface area (Å²) in [5.41, 5.74) is 4.12. The van der Waals surface area contributed by atoms with Crippen LogP contribution >= 0.6 is 11.3 Å². The molecule has 0 radical (unpaired) electrons. The van der Waals surface area contributed by atoms with Crippen LogP contribution in [0.25, 0.3) is 10.4 Å². The van der Waals surface area contributed by atoms with Crippen LogP contribution in [0.1, 0.15) is 56.0 Å². The first kappa shape index (κ1) is 52.0. The number of aromatic nitrogens is 3. The number of hydrogen-bond acceptors (Lipinski definition) is 14. The van der Waals surface area contributed by atoms with E-state index in [9.17, 15) is 41.1 Å². The Balaban J connectivity index is 0.939. The molecular weight excluding hydrogens is 940 g/mol. The molecule has 22 heteroatoms. The zero-order chi connectivity index (χ0) is 50.1. The Morgan fingerprint density at radius 2 is 1.71 bits per heavy atom. The maximum atomic E-state index is 14.0. The zero-order valence-corrected chi connectivity index (χ0v) is 40.6. The molecule has 0 spiro atoms. The molecule has 5 N–H and O–H groups in total. The third kappa shape index (κ3) is 14.3. The molecule has 0 aliphatic carbocycles. The van der Waals surface area contributed by atoms with Crippen molar-refractivity contribution in [2.24, 2.45) is 5.41 Å². The fourth-order valence-electron chi connectivity index (χ4n) is 7.29. The van der Waals surface area contributed by atoms with Crippen molar-refractivity contribution in [3.05, 3.63) is 107 Å². The minimum absolute atomic E-state index is 0.0567. The first-order valence-electron chi connectivity index (χ1n) is 21.9. The molecule has 1 aliphatic heterocycles. The summed E-state index contributed by atoms with van der Waals surface area (Å²) in [6, 6.07) is 18.7. The number of anilines is 4. The van der Waals surface area contributed by atoms with E-state index in [4.69, 9.17) is 9.47 Å². The molecule has 3 heterocycles. The van der Waals surface area contributed by atoms with Gasteiger partial charge in [-0.2, -0.15) is 18.2 Å². The average molecular weight is 996 g/mol. The van der Waals surface area contributed by atoms with Gasteiger partial charge in [-0.3, -0.25) is 18.7 Å². The molecule has 6 rings (SSSR count). The standard InChI is InChI=1S/C47H56F3N9O8S2/c1-29-40(68-28-54-29)32-13-11-30(12-14-32)23-52-43(62)38-22-35(60)26-59(38)44(63)41(46(2,3)4)56-39(61)27-66-19-8-20-67-36-17-15-33(16-18-36)55-45-53-25-37(47(48,49)50)42(57-45)51-24-31-9-7-10-34(21-31)58(5)69(6,64)65/h7,9-18,21,25,28,35,38,41,60H,8,19-20,22-24,26-27H2,1-6H3,(H,52,62)(H,56,61)(H2,51,53,55,57)/t35-,38+,41-/m1/s1. The second-order valence-corrected chi connectivity index (χ2v) is 20.4. The summed E-state index contributed by atoms with van der Waals surface area (Å²) in [6.07, 6.45) is -3.49. The number of ether oxygens (including phenoxy) is 2. The van der Waals surface area contributed by atoms with Gasteiger partial charge in [0, 0.05) is 51.4 Å². The minimum atomic E-state index is -4.75. The predicted octanol–water partition coefficient (Wildman–Crippen LogP) is 6.27. The Labute approximate surface area is 402 Å². The summed E-state index contributed by atoms with van der Waals surface area (Å²) in [7, 11) is -2.18. The minimum Gasteiger partial charge on any atom is -0.494 e. The highest BCUT2D eigenvalue weighted by atomic mass is 32.2. The van der Waals surface area contributed by atoms with Crippen LogP contribution in [0.5, 0.6) is 5.75 Å². The summed E-state index contributed by atoms with van der Waals surface area (Å²) in [6.45, 7) is 7.44. The van der Waals surface area contributed by atoms with Gasteiger partial charge in [-0.1, -0.05) is 57.2 Å². The van der Waals surface area contributed by atoms with E-state index in [1.807, 2.05) is 31.2 Å². The van der Waals surface area contributed by atoms with Gasteiger partial charge in [-0.25, -0.2) is 18.4 Å². The van der Waals surface area contributed by atoms with E-state index in [0.29, 0.717) is 35.3 Å². The Morgan fingerprint density at radius 3 is 2.36 bits per heavy atom. The Bertz CT molecular complexity index is 2680. The van der Waals surface area contributed by atoms with Crippen LogP contribution in [0, 0.1) is 12.3 Å². The summed E-state index contributed by atoms with van der Waals surface area (Å²) in [4.78, 5) is 55.1. The Hall–Kier alpha value is -6.36. The second-order valence-electron chi connectivity index (χ2n) is 17.6. The number of hydrogen-bond donors (Lipinski definition) is 5. The molecule has 17 nitrogen and oxygen atoms in total. The number of rotatable bonds is 20. The molecular formula is C47H56F3N9O8S2. The number of halogens is 3.